The molecule has 17 heavy (non-hydrogen) atoms. The molecule has 1 aliphatic carbocycles. The van der Waals surface area contributed by atoms with Gasteiger partial charge in [0.15, 0.2) is 0 Å². The first kappa shape index (κ1) is 13.0. The van der Waals surface area contributed by atoms with E-state index in [1.807, 2.05) is 0 Å². The summed E-state index contributed by atoms with van der Waals surface area (Å²) in [6, 6.07) is 0.342. The van der Waals surface area contributed by atoms with E-state index in [1.165, 1.54) is 19.3 Å². The Hall–Kier alpha value is -0.410. The van der Waals surface area contributed by atoms with Crippen molar-refractivity contribution >= 4 is 5.78 Å². The van der Waals surface area contributed by atoms with Gasteiger partial charge in [-0.2, -0.15) is 0 Å². The molecule has 0 aromatic carbocycles. The zero-order valence-corrected chi connectivity index (χ0v) is 10.7. The molecule has 0 amide bonds. The fourth-order valence-electron chi connectivity index (χ4n) is 3.25. The molecular formula is C14H25NO2. The van der Waals surface area contributed by atoms with Gasteiger partial charge in [0.1, 0.15) is 5.78 Å². The summed E-state index contributed by atoms with van der Waals surface area (Å²) in [5.74, 6) is 0.790. The van der Waals surface area contributed by atoms with Crippen LogP contribution in [0, 0.1) is 5.92 Å². The van der Waals surface area contributed by atoms with Gasteiger partial charge in [-0.05, 0) is 45.2 Å². The molecule has 0 bridgehead atoms. The van der Waals surface area contributed by atoms with Crippen molar-refractivity contribution in [2.24, 2.45) is 5.92 Å². The van der Waals surface area contributed by atoms with Gasteiger partial charge in [-0.1, -0.05) is 12.8 Å². The number of likely N-dealkylation sites (tertiary alicyclic amines) is 1. The number of Topliss-reactive ketones (excluding diaryl/α,β-unsaturated/α-hetero) is 1. The molecule has 1 aliphatic heterocycles. The van der Waals surface area contributed by atoms with Gasteiger partial charge in [-0.15, -0.1) is 0 Å². The molecule has 1 saturated carbocycles. The number of hydrogen-bond acceptors (Lipinski definition) is 3. The summed E-state index contributed by atoms with van der Waals surface area (Å²) >= 11 is 0. The minimum Gasteiger partial charge on any atom is -0.395 e. The molecule has 0 radical (unpaired) electrons. The van der Waals surface area contributed by atoms with Crippen LogP contribution in [0.25, 0.3) is 0 Å². The lowest BCUT2D eigenvalue weighted by atomic mass is 10.0. The van der Waals surface area contributed by atoms with Crippen molar-refractivity contribution in [3.63, 3.8) is 0 Å². The molecule has 2 atom stereocenters. The van der Waals surface area contributed by atoms with E-state index in [0.717, 1.165) is 45.2 Å². The van der Waals surface area contributed by atoms with Crippen LogP contribution in [0.2, 0.25) is 0 Å². The Bertz CT molecular complexity index is 255. The molecule has 1 N–H and O–H groups in total. The van der Waals surface area contributed by atoms with Crippen LogP contribution in [0.15, 0.2) is 0 Å². The van der Waals surface area contributed by atoms with Gasteiger partial charge in [0, 0.05) is 18.4 Å². The maximum absolute atomic E-state index is 11.6. The first-order chi connectivity index (χ1) is 8.31. The summed E-state index contributed by atoms with van der Waals surface area (Å²) < 4.78 is 0. The maximum atomic E-state index is 11.6. The van der Waals surface area contributed by atoms with Crippen LogP contribution < -0.4 is 0 Å². The van der Waals surface area contributed by atoms with E-state index in [9.17, 15) is 9.90 Å². The lowest BCUT2D eigenvalue weighted by molar-refractivity contribution is -0.120. The van der Waals surface area contributed by atoms with Crippen molar-refractivity contribution < 1.29 is 9.90 Å². The van der Waals surface area contributed by atoms with Crippen LogP contribution >= 0.6 is 0 Å². The first-order valence-electron chi connectivity index (χ1n) is 7.19. The Balaban J connectivity index is 1.80. The summed E-state index contributed by atoms with van der Waals surface area (Å²) in [6.07, 6.45) is 8.89. The fraction of sp³-hybridized carbons (Fsp3) is 0.929. The second-order valence-electron chi connectivity index (χ2n) is 5.57. The Morgan fingerprint density at radius 3 is 2.76 bits per heavy atom. The molecule has 3 heteroatoms. The summed E-state index contributed by atoms with van der Waals surface area (Å²) in [6.45, 7) is 2.38. The number of rotatable bonds is 4. The Labute approximate surface area is 104 Å². The Morgan fingerprint density at radius 1 is 1.18 bits per heavy atom. The minimum atomic E-state index is 0.276. The predicted octanol–water partition coefficient (Wildman–Crippen LogP) is 1.98. The average Bonchev–Trinajstić information content (AvgIpc) is 2.63. The van der Waals surface area contributed by atoms with E-state index in [0.29, 0.717) is 17.7 Å². The van der Waals surface area contributed by atoms with Crippen molar-refractivity contribution in [2.75, 3.05) is 19.7 Å². The molecule has 0 aromatic rings. The van der Waals surface area contributed by atoms with E-state index >= 15 is 0 Å². The molecular weight excluding hydrogens is 214 g/mol. The van der Waals surface area contributed by atoms with Crippen LogP contribution in [0.5, 0.6) is 0 Å². The zero-order chi connectivity index (χ0) is 12.1. The van der Waals surface area contributed by atoms with Crippen molar-refractivity contribution in [3.05, 3.63) is 0 Å². The van der Waals surface area contributed by atoms with Crippen LogP contribution in [-0.4, -0.2) is 41.5 Å². The van der Waals surface area contributed by atoms with Crippen molar-refractivity contribution in [2.45, 2.75) is 57.4 Å². The molecule has 0 spiro atoms. The highest BCUT2D eigenvalue weighted by atomic mass is 16.3. The van der Waals surface area contributed by atoms with Crippen LogP contribution in [0.4, 0.5) is 0 Å². The molecule has 2 rings (SSSR count). The normalized spacial score (nSPS) is 31.7. The highest BCUT2D eigenvalue weighted by Gasteiger charge is 2.26. The summed E-state index contributed by atoms with van der Waals surface area (Å²) in [4.78, 5) is 14.0. The van der Waals surface area contributed by atoms with Gasteiger partial charge >= 0.3 is 0 Å². The number of aliphatic hydroxyl groups is 1. The number of carbonyl (C=O) groups is 1. The smallest absolute Gasteiger partial charge is 0.136 e. The van der Waals surface area contributed by atoms with Crippen LogP contribution in [0.3, 0.4) is 0 Å². The quantitative estimate of drug-likeness (QED) is 0.815. The number of hydrogen-bond donors (Lipinski definition) is 1. The third kappa shape index (κ3) is 3.52. The van der Waals surface area contributed by atoms with E-state index in [-0.39, 0.29) is 6.61 Å². The van der Waals surface area contributed by atoms with E-state index in [2.05, 4.69) is 4.90 Å². The van der Waals surface area contributed by atoms with E-state index in [1.54, 1.807) is 0 Å². The highest BCUT2D eigenvalue weighted by Crippen LogP contribution is 2.25. The zero-order valence-electron chi connectivity index (χ0n) is 10.7. The fourth-order valence-corrected chi connectivity index (χ4v) is 3.25. The monoisotopic (exact) mass is 239 g/mol. The Kier molecular flexibility index (Phi) is 4.99. The minimum absolute atomic E-state index is 0.276. The second-order valence-corrected chi connectivity index (χ2v) is 5.57. The van der Waals surface area contributed by atoms with Gasteiger partial charge in [0.2, 0.25) is 0 Å². The van der Waals surface area contributed by atoms with Crippen molar-refractivity contribution in [3.8, 4) is 0 Å². The number of aliphatic hydroxyl groups excluding tert-OH is 1. The first-order valence-corrected chi connectivity index (χ1v) is 7.19. The predicted molar refractivity (Wildman–Crippen MR) is 67.9 cm³/mol. The maximum Gasteiger partial charge on any atom is 0.136 e. The molecule has 3 nitrogen and oxygen atoms in total. The Morgan fingerprint density at radius 2 is 2.06 bits per heavy atom. The summed E-state index contributed by atoms with van der Waals surface area (Å²) in [5, 5.41) is 9.42. The van der Waals surface area contributed by atoms with Gasteiger partial charge in [-0.3, -0.25) is 9.69 Å². The topological polar surface area (TPSA) is 40.5 Å². The van der Waals surface area contributed by atoms with Crippen LogP contribution in [0.1, 0.15) is 51.4 Å². The van der Waals surface area contributed by atoms with Gasteiger partial charge in [0.05, 0.1) is 6.61 Å². The molecule has 2 aliphatic rings. The SMILES string of the molecule is O=C1CCCC1CCN1CCCCCC1CO. The van der Waals surface area contributed by atoms with Crippen molar-refractivity contribution in [1.29, 1.82) is 0 Å². The third-order valence-corrected chi connectivity index (χ3v) is 4.41. The summed E-state index contributed by atoms with van der Waals surface area (Å²) in [7, 11) is 0. The number of nitrogens with zero attached hydrogens (tertiary/aromatic N) is 1. The molecule has 1 heterocycles. The summed E-state index contributed by atoms with van der Waals surface area (Å²) in [5.41, 5.74) is 0. The molecule has 1 saturated heterocycles. The largest absolute Gasteiger partial charge is 0.395 e. The third-order valence-electron chi connectivity index (χ3n) is 4.41. The number of carbonyl (C=O) groups excluding carboxylic acids is 1. The van der Waals surface area contributed by atoms with Gasteiger partial charge < -0.3 is 5.11 Å². The molecule has 0 aromatic heterocycles. The number of ketones is 1. The second kappa shape index (κ2) is 6.50. The van der Waals surface area contributed by atoms with Gasteiger partial charge in [0.25, 0.3) is 0 Å². The van der Waals surface area contributed by atoms with Gasteiger partial charge in [-0.25, -0.2) is 0 Å². The standard InChI is InChI=1S/C14H25NO2/c16-11-13-6-2-1-3-9-15(13)10-8-12-5-4-7-14(12)17/h12-13,16H,1-11H2. The molecule has 98 valence electrons. The van der Waals surface area contributed by atoms with Crippen molar-refractivity contribution in [1.82, 2.24) is 4.90 Å². The lowest BCUT2D eigenvalue weighted by Gasteiger charge is -2.29. The van der Waals surface area contributed by atoms with E-state index < -0.39 is 0 Å². The molecule has 2 fully saturated rings. The van der Waals surface area contributed by atoms with Crippen LogP contribution in [-0.2, 0) is 4.79 Å². The molecule has 2 unspecified atom stereocenters. The average molecular weight is 239 g/mol. The highest BCUT2D eigenvalue weighted by molar-refractivity contribution is 5.82. The lowest BCUT2D eigenvalue weighted by Crippen LogP contribution is -2.39. The van der Waals surface area contributed by atoms with E-state index in [4.69, 9.17) is 0 Å².